The molecule has 0 aromatic heterocycles. The van der Waals surface area contributed by atoms with Crippen molar-refractivity contribution in [2.45, 2.75) is 18.7 Å². The Kier molecular flexibility index (Phi) is 4.98. The molecule has 0 radical (unpaired) electrons. The second-order valence-corrected chi connectivity index (χ2v) is 6.59. The molecule has 0 aliphatic heterocycles. The summed E-state index contributed by atoms with van der Waals surface area (Å²) in [4.78, 5) is 1.70. The molecule has 1 atom stereocenters. The van der Waals surface area contributed by atoms with Gasteiger partial charge in [-0.15, -0.1) is 0 Å². The molecule has 0 bridgehead atoms. The lowest BCUT2D eigenvalue weighted by molar-refractivity contribution is 0.466. The molecule has 2 aromatic carbocycles. The highest BCUT2D eigenvalue weighted by molar-refractivity contribution is 7.86. The van der Waals surface area contributed by atoms with E-state index in [1.807, 2.05) is 60.7 Å². The van der Waals surface area contributed by atoms with Crippen LogP contribution in [0.2, 0.25) is 0 Å². The fraction of sp³-hybridized carbons (Fsp3) is 0.250. The predicted octanol–water partition coefficient (Wildman–Crippen LogP) is 2.97. The van der Waals surface area contributed by atoms with E-state index in [0.29, 0.717) is 13.0 Å². The van der Waals surface area contributed by atoms with Gasteiger partial charge in [0.15, 0.2) is 5.37 Å². The molecule has 0 spiro atoms. The van der Waals surface area contributed by atoms with Crippen molar-refractivity contribution in [2.75, 3.05) is 11.4 Å². The summed E-state index contributed by atoms with van der Waals surface area (Å²) in [6.07, 6.45) is 0.704. The monoisotopic (exact) mass is 305 g/mol. The first-order valence-corrected chi connectivity index (χ1v) is 8.31. The Hall–Kier alpha value is -1.85. The summed E-state index contributed by atoms with van der Waals surface area (Å²) in [7, 11) is -4.13. The van der Waals surface area contributed by atoms with Gasteiger partial charge in [-0.2, -0.15) is 8.42 Å². The maximum atomic E-state index is 11.5. The minimum Gasteiger partial charge on any atom is -0.353 e. The Bertz CT molecular complexity index is 656. The van der Waals surface area contributed by atoms with Crippen LogP contribution in [0.1, 0.15) is 12.5 Å². The maximum Gasteiger partial charge on any atom is 0.286 e. The summed E-state index contributed by atoms with van der Waals surface area (Å²) in [6.45, 7) is 2.00. The van der Waals surface area contributed by atoms with E-state index >= 15 is 0 Å². The Morgan fingerprint density at radius 3 is 2.05 bits per heavy atom. The molecule has 0 aliphatic carbocycles. The van der Waals surface area contributed by atoms with E-state index in [2.05, 4.69) is 0 Å². The normalized spacial score (nSPS) is 12.9. The Balaban J connectivity index is 2.21. The molecule has 21 heavy (non-hydrogen) atoms. The maximum absolute atomic E-state index is 11.5. The zero-order valence-corrected chi connectivity index (χ0v) is 12.7. The molecule has 4 nitrogen and oxygen atoms in total. The predicted molar refractivity (Wildman–Crippen MR) is 84.9 cm³/mol. The Morgan fingerprint density at radius 2 is 1.52 bits per heavy atom. The first kappa shape index (κ1) is 15.5. The summed E-state index contributed by atoms with van der Waals surface area (Å²) in [6, 6.07) is 19.1. The topological polar surface area (TPSA) is 57.6 Å². The van der Waals surface area contributed by atoms with E-state index in [-0.39, 0.29) is 0 Å². The van der Waals surface area contributed by atoms with Gasteiger partial charge in [0, 0.05) is 12.2 Å². The quantitative estimate of drug-likeness (QED) is 0.834. The lowest BCUT2D eigenvalue weighted by atomic mass is 10.1. The van der Waals surface area contributed by atoms with Crippen molar-refractivity contribution in [3.8, 4) is 0 Å². The van der Waals surface area contributed by atoms with Gasteiger partial charge in [0.1, 0.15) is 0 Å². The van der Waals surface area contributed by atoms with Gasteiger partial charge >= 0.3 is 0 Å². The highest BCUT2D eigenvalue weighted by Gasteiger charge is 2.25. The molecule has 2 rings (SSSR count). The first-order chi connectivity index (χ1) is 9.98. The molecule has 1 N–H and O–H groups in total. The number of anilines is 1. The average Bonchev–Trinajstić information content (AvgIpc) is 2.48. The number of benzene rings is 2. The number of para-hydroxylation sites is 1. The van der Waals surface area contributed by atoms with Crippen LogP contribution < -0.4 is 4.90 Å². The van der Waals surface area contributed by atoms with Gasteiger partial charge in [-0.3, -0.25) is 4.55 Å². The molecular weight excluding hydrogens is 286 g/mol. The highest BCUT2D eigenvalue weighted by Crippen LogP contribution is 2.19. The number of hydrogen-bond donors (Lipinski definition) is 1. The molecule has 0 amide bonds. The van der Waals surface area contributed by atoms with Crippen molar-refractivity contribution >= 4 is 15.8 Å². The van der Waals surface area contributed by atoms with Crippen LogP contribution in [-0.2, 0) is 16.5 Å². The molecular formula is C16H19NO3S. The van der Waals surface area contributed by atoms with Crippen molar-refractivity contribution in [3.63, 3.8) is 0 Å². The van der Waals surface area contributed by atoms with Crippen LogP contribution in [0.3, 0.4) is 0 Å². The highest BCUT2D eigenvalue weighted by atomic mass is 32.2. The van der Waals surface area contributed by atoms with Crippen LogP contribution in [0.15, 0.2) is 60.7 Å². The van der Waals surface area contributed by atoms with Gasteiger partial charge < -0.3 is 4.90 Å². The molecule has 2 aromatic rings. The van der Waals surface area contributed by atoms with Crippen molar-refractivity contribution in [1.82, 2.24) is 0 Å². The first-order valence-electron chi connectivity index (χ1n) is 6.80. The largest absolute Gasteiger partial charge is 0.353 e. The summed E-state index contributed by atoms with van der Waals surface area (Å²) in [5.74, 6) is 0. The zero-order chi connectivity index (χ0) is 15.3. The van der Waals surface area contributed by atoms with E-state index in [1.54, 1.807) is 4.90 Å². The third kappa shape index (κ3) is 4.31. The summed E-state index contributed by atoms with van der Waals surface area (Å²) < 4.78 is 32.3. The fourth-order valence-electron chi connectivity index (χ4n) is 2.20. The lowest BCUT2D eigenvalue weighted by Gasteiger charge is -2.29. The van der Waals surface area contributed by atoms with Gasteiger partial charge in [0.25, 0.3) is 10.1 Å². The second-order valence-electron chi connectivity index (χ2n) is 4.88. The van der Waals surface area contributed by atoms with E-state index in [9.17, 15) is 13.0 Å². The van der Waals surface area contributed by atoms with E-state index in [0.717, 1.165) is 11.3 Å². The summed E-state index contributed by atoms with van der Waals surface area (Å²) in [5.41, 5.74) is 1.90. The molecule has 0 fully saturated rings. The summed E-state index contributed by atoms with van der Waals surface area (Å²) >= 11 is 0. The van der Waals surface area contributed by atoms with Gasteiger partial charge in [-0.05, 0) is 31.0 Å². The average molecular weight is 305 g/mol. The molecule has 0 aliphatic rings. The fourth-order valence-corrected chi connectivity index (χ4v) is 2.74. The van der Waals surface area contributed by atoms with E-state index in [4.69, 9.17) is 0 Å². The number of hydrogen-bond acceptors (Lipinski definition) is 3. The Morgan fingerprint density at radius 1 is 1.00 bits per heavy atom. The van der Waals surface area contributed by atoms with E-state index in [1.165, 1.54) is 6.92 Å². The van der Waals surface area contributed by atoms with Gasteiger partial charge in [-0.25, -0.2) is 0 Å². The molecule has 5 heteroatoms. The van der Waals surface area contributed by atoms with Crippen LogP contribution in [0.25, 0.3) is 0 Å². The zero-order valence-electron chi connectivity index (χ0n) is 11.9. The van der Waals surface area contributed by atoms with Gasteiger partial charge in [0.2, 0.25) is 0 Å². The van der Waals surface area contributed by atoms with Crippen LogP contribution in [0, 0.1) is 0 Å². The minimum absolute atomic E-state index is 0.509. The number of rotatable bonds is 6. The van der Waals surface area contributed by atoms with Crippen LogP contribution in [-0.4, -0.2) is 24.9 Å². The Labute approximate surface area is 125 Å². The molecule has 0 saturated heterocycles. The van der Waals surface area contributed by atoms with E-state index < -0.39 is 15.5 Å². The minimum atomic E-state index is -4.13. The molecule has 1 unspecified atom stereocenters. The lowest BCUT2D eigenvalue weighted by Crippen LogP contribution is -2.40. The van der Waals surface area contributed by atoms with Crippen molar-refractivity contribution < 1.29 is 13.0 Å². The smallest absolute Gasteiger partial charge is 0.286 e. The molecule has 0 saturated carbocycles. The van der Waals surface area contributed by atoms with Crippen molar-refractivity contribution in [2.24, 2.45) is 0 Å². The standard InChI is InChI=1S/C16H19NO3S/c1-14(21(18,19)20)17(16-10-6-3-7-11-16)13-12-15-8-4-2-5-9-15/h2-11,14H,12-13H2,1H3,(H,18,19,20). The molecule has 0 heterocycles. The van der Waals surface area contributed by atoms with Crippen molar-refractivity contribution in [1.29, 1.82) is 0 Å². The van der Waals surface area contributed by atoms with Crippen LogP contribution in [0.5, 0.6) is 0 Å². The van der Waals surface area contributed by atoms with Crippen LogP contribution in [0.4, 0.5) is 5.69 Å². The summed E-state index contributed by atoms with van der Waals surface area (Å²) in [5, 5.41) is -0.983. The SMILES string of the molecule is CC(N(CCc1ccccc1)c1ccccc1)S(=O)(=O)O. The number of nitrogens with zero attached hydrogens (tertiary/aromatic N) is 1. The second kappa shape index (κ2) is 6.74. The van der Waals surface area contributed by atoms with Crippen molar-refractivity contribution in [3.05, 3.63) is 66.2 Å². The van der Waals surface area contributed by atoms with Gasteiger partial charge in [0.05, 0.1) is 0 Å². The third-order valence-corrected chi connectivity index (χ3v) is 4.56. The molecule has 112 valence electrons. The van der Waals surface area contributed by atoms with Gasteiger partial charge in [-0.1, -0.05) is 48.5 Å². The third-order valence-electron chi connectivity index (χ3n) is 3.44. The van der Waals surface area contributed by atoms with Crippen LogP contribution >= 0.6 is 0 Å².